The summed E-state index contributed by atoms with van der Waals surface area (Å²) in [6.45, 7) is 4.75. The number of hydrogen-bond acceptors (Lipinski definition) is 6. The van der Waals surface area contributed by atoms with E-state index in [1.54, 1.807) is 0 Å². The van der Waals surface area contributed by atoms with Crippen LogP contribution in [0.2, 0.25) is 0 Å². The largest absolute Gasteiger partial charge is 0.477 e. The highest BCUT2D eigenvalue weighted by molar-refractivity contribution is 5.72. The van der Waals surface area contributed by atoms with Gasteiger partial charge in [-0.15, -0.1) is 0 Å². The van der Waals surface area contributed by atoms with Crippen molar-refractivity contribution in [2.45, 2.75) is 251 Å². The molecule has 352 valence electrons. The number of carbonyl (C=O) groups excluding carboxylic acids is 2. The van der Waals surface area contributed by atoms with Crippen LogP contribution in [0.15, 0.2) is 24.3 Å². The van der Waals surface area contributed by atoms with E-state index < -0.39 is 18.1 Å². The molecule has 0 radical (unpaired) electrons. The van der Waals surface area contributed by atoms with Gasteiger partial charge in [0, 0.05) is 19.3 Å². The molecule has 0 aliphatic carbocycles. The van der Waals surface area contributed by atoms with Gasteiger partial charge in [-0.25, -0.2) is 4.79 Å². The van der Waals surface area contributed by atoms with E-state index in [0.717, 1.165) is 38.5 Å². The number of hydrogen-bond donors (Lipinski definition) is 1. The van der Waals surface area contributed by atoms with Gasteiger partial charge in [-0.1, -0.05) is 179 Å². The molecular weight excluding hydrogens is 751 g/mol. The first kappa shape index (κ1) is 57.8. The standard InChI is InChI=1S/C52H97NO7/c1-6-8-10-12-14-16-18-20-22-24-25-27-29-31-33-35-37-39-41-43-51(55)60-48(46-58-45-44-49(52(56)57)53(3,4)5)47-59-50(54)42-40-38-36-34-32-30-28-26-23-21-19-17-15-13-11-9-7-2/h21,23-25,48-49H,6-20,22,26-47H2,1-5H3/p+1/b23-21+,25-24+. The fourth-order valence-electron chi connectivity index (χ4n) is 7.61. The third kappa shape index (κ3) is 41.2. The number of unbranched alkanes of at least 4 members (excludes halogenated alkanes) is 28. The topological polar surface area (TPSA) is 99.1 Å². The fourth-order valence-corrected chi connectivity index (χ4v) is 7.61. The Kier molecular flexibility index (Phi) is 41.9. The molecule has 2 atom stereocenters. The van der Waals surface area contributed by atoms with Gasteiger partial charge in [0.1, 0.15) is 6.61 Å². The zero-order valence-electron chi connectivity index (χ0n) is 40.2. The number of likely N-dealkylation sites (N-methyl/N-ethyl adjacent to an activating group) is 1. The summed E-state index contributed by atoms with van der Waals surface area (Å²) in [4.78, 5) is 37.1. The maximum Gasteiger partial charge on any atom is 0.362 e. The summed E-state index contributed by atoms with van der Waals surface area (Å²) >= 11 is 0. The van der Waals surface area contributed by atoms with Crippen molar-refractivity contribution in [3.63, 3.8) is 0 Å². The molecule has 0 saturated heterocycles. The molecule has 0 fully saturated rings. The van der Waals surface area contributed by atoms with Crippen molar-refractivity contribution in [2.24, 2.45) is 0 Å². The van der Waals surface area contributed by atoms with E-state index in [1.807, 2.05) is 21.1 Å². The lowest BCUT2D eigenvalue weighted by Crippen LogP contribution is -2.50. The number of carboxylic acids is 1. The quantitative estimate of drug-likeness (QED) is 0.0282. The van der Waals surface area contributed by atoms with Gasteiger partial charge >= 0.3 is 17.9 Å². The monoisotopic (exact) mass is 849 g/mol. The van der Waals surface area contributed by atoms with E-state index >= 15 is 0 Å². The van der Waals surface area contributed by atoms with E-state index in [1.165, 1.54) is 167 Å². The number of allylic oxidation sites excluding steroid dienone is 4. The van der Waals surface area contributed by atoms with E-state index in [9.17, 15) is 19.5 Å². The van der Waals surface area contributed by atoms with Gasteiger partial charge in [0.05, 0.1) is 34.4 Å². The number of ether oxygens (including phenoxy) is 3. The summed E-state index contributed by atoms with van der Waals surface area (Å²) in [5.74, 6) is -1.46. The molecule has 0 aromatic carbocycles. The Morgan fingerprint density at radius 1 is 0.483 bits per heavy atom. The van der Waals surface area contributed by atoms with Crippen molar-refractivity contribution in [3.8, 4) is 0 Å². The number of quaternary nitrogens is 1. The normalized spacial score (nSPS) is 13.0. The minimum atomic E-state index is -0.874. The Morgan fingerprint density at radius 3 is 1.20 bits per heavy atom. The third-order valence-electron chi connectivity index (χ3n) is 11.6. The van der Waals surface area contributed by atoms with Gasteiger partial charge in [-0.05, 0) is 64.2 Å². The predicted molar refractivity (Wildman–Crippen MR) is 252 cm³/mol. The number of carboxylic acid groups (broad SMARTS) is 1. The molecule has 1 N–H and O–H groups in total. The molecule has 2 unspecified atom stereocenters. The van der Waals surface area contributed by atoms with E-state index in [4.69, 9.17) is 14.2 Å². The van der Waals surface area contributed by atoms with Crippen LogP contribution in [0, 0.1) is 0 Å². The van der Waals surface area contributed by atoms with Crippen molar-refractivity contribution in [2.75, 3.05) is 41.0 Å². The van der Waals surface area contributed by atoms with Gasteiger partial charge in [0.25, 0.3) is 0 Å². The van der Waals surface area contributed by atoms with Gasteiger partial charge in [-0.2, -0.15) is 0 Å². The maximum absolute atomic E-state index is 12.8. The second-order valence-corrected chi connectivity index (χ2v) is 18.4. The Balaban J connectivity index is 4.25. The number of carbonyl (C=O) groups is 3. The smallest absolute Gasteiger partial charge is 0.362 e. The summed E-state index contributed by atoms with van der Waals surface area (Å²) in [6, 6.07) is -0.614. The van der Waals surface area contributed by atoms with Gasteiger partial charge in [0.15, 0.2) is 12.1 Å². The highest BCUT2D eigenvalue weighted by Crippen LogP contribution is 2.15. The Labute approximate surface area is 371 Å². The Bertz CT molecular complexity index is 1040. The van der Waals surface area contributed by atoms with Gasteiger partial charge < -0.3 is 23.8 Å². The van der Waals surface area contributed by atoms with Crippen LogP contribution in [0.1, 0.15) is 239 Å². The minimum absolute atomic E-state index is 0.0515. The lowest BCUT2D eigenvalue weighted by Gasteiger charge is -2.31. The van der Waals surface area contributed by atoms with Crippen LogP contribution in [0.4, 0.5) is 0 Å². The molecule has 0 aromatic heterocycles. The van der Waals surface area contributed by atoms with Crippen LogP contribution in [0.5, 0.6) is 0 Å². The highest BCUT2D eigenvalue weighted by atomic mass is 16.6. The molecule has 8 nitrogen and oxygen atoms in total. The van der Waals surface area contributed by atoms with Gasteiger partial charge in [0.2, 0.25) is 0 Å². The third-order valence-corrected chi connectivity index (χ3v) is 11.6. The molecule has 0 aliphatic rings. The van der Waals surface area contributed by atoms with Crippen molar-refractivity contribution in [1.82, 2.24) is 0 Å². The Morgan fingerprint density at radius 2 is 0.833 bits per heavy atom. The molecule has 0 bridgehead atoms. The molecule has 0 heterocycles. The molecule has 0 spiro atoms. The summed E-state index contributed by atoms with van der Waals surface area (Å²) in [6.07, 6.45) is 49.3. The molecule has 8 heteroatoms. The lowest BCUT2D eigenvalue weighted by atomic mass is 10.1. The number of aliphatic carboxylic acids is 1. The van der Waals surface area contributed by atoms with Crippen LogP contribution in [-0.4, -0.2) is 80.6 Å². The molecule has 60 heavy (non-hydrogen) atoms. The van der Waals surface area contributed by atoms with Crippen molar-refractivity contribution < 1.29 is 38.2 Å². The maximum atomic E-state index is 12.8. The molecule has 0 amide bonds. The summed E-state index contributed by atoms with van der Waals surface area (Å²) < 4.78 is 17.3. The second kappa shape index (κ2) is 43.5. The zero-order chi connectivity index (χ0) is 44.2. The lowest BCUT2D eigenvalue weighted by molar-refractivity contribution is -0.887. The summed E-state index contributed by atoms with van der Waals surface area (Å²) in [5, 5.41) is 9.65. The average Bonchev–Trinajstić information content (AvgIpc) is 3.21. The molecule has 0 aromatic rings. The van der Waals surface area contributed by atoms with Crippen LogP contribution in [0.3, 0.4) is 0 Å². The van der Waals surface area contributed by atoms with Crippen molar-refractivity contribution >= 4 is 17.9 Å². The first-order chi connectivity index (χ1) is 29.1. The molecule has 0 rings (SSSR count). The fraction of sp³-hybridized carbons (Fsp3) is 0.865. The average molecular weight is 849 g/mol. The zero-order valence-corrected chi connectivity index (χ0v) is 40.2. The predicted octanol–water partition coefficient (Wildman–Crippen LogP) is 14.4. The second-order valence-electron chi connectivity index (χ2n) is 18.4. The molecular formula is C52H98NO7+. The molecule has 0 aliphatic heterocycles. The SMILES string of the molecule is CCCCCCCC/C=C/CCCCCCCCCC(=O)OCC(COCCC(C(=O)O)[N+](C)(C)C)OC(=O)CCCCCCCCC/C=C/CCCCCCCCCC. The minimum Gasteiger partial charge on any atom is -0.477 e. The van der Waals surface area contributed by atoms with E-state index in [-0.39, 0.29) is 36.2 Å². The van der Waals surface area contributed by atoms with Crippen LogP contribution in [-0.2, 0) is 28.6 Å². The van der Waals surface area contributed by atoms with Crippen LogP contribution in [0.25, 0.3) is 0 Å². The first-order valence-corrected chi connectivity index (χ1v) is 25.4. The number of nitrogens with zero attached hydrogens (tertiary/aromatic N) is 1. The number of esters is 2. The Hall–Kier alpha value is -2.19. The molecule has 0 saturated carbocycles. The number of rotatable bonds is 46. The van der Waals surface area contributed by atoms with E-state index in [0.29, 0.717) is 19.3 Å². The van der Waals surface area contributed by atoms with Crippen molar-refractivity contribution in [1.29, 1.82) is 0 Å². The van der Waals surface area contributed by atoms with Crippen LogP contribution >= 0.6 is 0 Å². The first-order valence-electron chi connectivity index (χ1n) is 25.4. The van der Waals surface area contributed by atoms with Crippen LogP contribution < -0.4 is 0 Å². The van der Waals surface area contributed by atoms with Crippen molar-refractivity contribution in [3.05, 3.63) is 24.3 Å². The van der Waals surface area contributed by atoms with E-state index in [2.05, 4.69) is 38.2 Å². The highest BCUT2D eigenvalue weighted by Gasteiger charge is 2.31. The van der Waals surface area contributed by atoms with Gasteiger partial charge in [-0.3, -0.25) is 9.59 Å². The summed E-state index contributed by atoms with van der Waals surface area (Å²) in [5.41, 5.74) is 0. The summed E-state index contributed by atoms with van der Waals surface area (Å²) in [7, 11) is 5.54.